The van der Waals surface area contributed by atoms with Crippen LogP contribution in [-0.2, 0) is 0 Å². The lowest BCUT2D eigenvalue weighted by Gasteiger charge is -2.18. The molecule has 1 rings (SSSR count). The highest BCUT2D eigenvalue weighted by molar-refractivity contribution is 5.73. The summed E-state index contributed by atoms with van der Waals surface area (Å²) in [5.74, 6) is 0. The molecule has 0 spiro atoms. The predicted octanol–water partition coefficient (Wildman–Crippen LogP) is 2.34. The summed E-state index contributed by atoms with van der Waals surface area (Å²) in [7, 11) is 0. The molecule has 62 valence electrons. The zero-order valence-corrected chi connectivity index (χ0v) is 6.02. The van der Waals surface area contributed by atoms with Gasteiger partial charge in [0.25, 0.3) is 0 Å². The summed E-state index contributed by atoms with van der Waals surface area (Å²) in [6.07, 6.45) is -1.37. The maximum Gasteiger partial charge on any atom is 0.411 e. The Morgan fingerprint density at radius 2 is 2.18 bits per heavy atom. The van der Waals surface area contributed by atoms with Gasteiger partial charge in [-0.2, -0.15) is 13.2 Å². The molecule has 1 aliphatic heterocycles. The first kappa shape index (κ1) is 8.30. The summed E-state index contributed by atoms with van der Waals surface area (Å²) < 4.78 is 35.9. The molecule has 1 heterocycles. The van der Waals surface area contributed by atoms with Crippen molar-refractivity contribution in [2.24, 2.45) is 4.99 Å². The van der Waals surface area contributed by atoms with E-state index in [1.807, 2.05) is 0 Å². The molecule has 1 atom stereocenters. The summed E-state index contributed by atoms with van der Waals surface area (Å²) in [4.78, 5) is 3.32. The van der Waals surface area contributed by atoms with Crippen LogP contribution in [0.5, 0.6) is 0 Å². The zero-order chi connectivity index (χ0) is 8.48. The van der Waals surface area contributed by atoms with Crippen molar-refractivity contribution in [2.75, 3.05) is 0 Å². The van der Waals surface area contributed by atoms with Gasteiger partial charge in [0.05, 0.1) is 0 Å². The van der Waals surface area contributed by atoms with Gasteiger partial charge in [0, 0.05) is 6.21 Å². The summed E-state index contributed by atoms with van der Waals surface area (Å²) >= 11 is 0. The molecule has 0 N–H and O–H groups in total. The second-order valence-corrected chi connectivity index (χ2v) is 2.57. The number of halogens is 3. The lowest BCUT2D eigenvalue weighted by molar-refractivity contribution is -0.146. The number of aliphatic imine (C=N–C) groups is 1. The maximum atomic E-state index is 12.0. The van der Waals surface area contributed by atoms with Gasteiger partial charge in [-0.15, -0.1) is 0 Å². The van der Waals surface area contributed by atoms with Crippen LogP contribution >= 0.6 is 0 Å². The van der Waals surface area contributed by atoms with E-state index < -0.39 is 12.2 Å². The summed E-state index contributed by atoms with van der Waals surface area (Å²) in [6.45, 7) is 1.67. The lowest BCUT2D eigenvalue weighted by atomic mass is 10.1. The van der Waals surface area contributed by atoms with Crippen molar-refractivity contribution in [1.82, 2.24) is 0 Å². The number of hydrogen-bond acceptors (Lipinski definition) is 1. The predicted molar refractivity (Wildman–Crippen MR) is 36.7 cm³/mol. The van der Waals surface area contributed by atoms with Crippen LogP contribution in [0.2, 0.25) is 0 Å². The Kier molecular flexibility index (Phi) is 2.02. The van der Waals surface area contributed by atoms with Crippen LogP contribution < -0.4 is 0 Å². The highest BCUT2D eigenvalue weighted by Gasteiger charge is 2.39. The molecule has 0 fully saturated rings. The number of rotatable bonds is 0. The van der Waals surface area contributed by atoms with Gasteiger partial charge in [0.1, 0.15) is 6.04 Å². The molecule has 0 saturated heterocycles. The Bertz CT molecular complexity index is 202. The summed E-state index contributed by atoms with van der Waals surface area (Å²) in [6, 6.07) is -1.52. The van der Waals surface area contributed by atoms with Crippen molar-refractivity contribution in [1.29, 1.82) is 0 Å². The minimum absolute atomic E-state index is 0. The average molecular weight is 163 g/mol. The van der Waals surface area contributed by atoms with E-state index in [0.717, 1.165) is 5.57 Å². The second-order valence-electron chi connectivity index (χ2n) is 2.57. The first-order chi connectivity index (χ1) is 5.00. The highest BCUT2D eigenvalue weighted by Crippen LogP contribution is 2.28. The van der Waals surface area contributed by atoms with Gasteiger partial charge in [-0.3, -0.25) is 4.99 Å². The Labute approximate surface area is 62.6 Å². The van der Waals surface area contributed by atoms with Gasteiger partial charge in [-0.25, -0.2) is 0 Å². The second kappa shape index (κ2) is 2.68. The standard InChI is InChI=1S/C7H8F3N/c1-5-2-3-11-6(4-5)7(8,9)10/h2-3,6H,4H2,1H3. The fourth-order valence-electron chi connectivity index (χ4n) is 0.900. The fourth-order valence-corrected chi connectivity index (χ4v) is 0.900. The number of nitrogens with zero attached hydrogens (tertiary/aromatic N) is 1. The molecular formula is C7H8F3N. The molecule has 1 aliphatic rings. The van der Waals surface area contributed by atoms with E-state index in [1.165, 1.54) is 6.21 Å². The Morgan fingerprint density at radius 1 is 1.55 bits per heavy atom. The molecule has 0 bridgehead atoms. The summed E-state index contributed by atoms with van der Waals surface area (Å²) in [5.41, 5.74) is 0.724. The Morgan fingerprint density at radius 3 is 2.55 bits per heavy atom. The molecule has 0 aromatic carbocycles. The zero-order valence-electron chi connectivity index (χ0n) is 6.02. The summed E-state index contributed by atoms with van der Waals surface area (Å²) in [5, 5.41) is 0. The van der Waals surface area contributed by atoms with Crippen molar-refractivity contribution in [2.45, 2.75) is 25.6 Å². The van der Waals surface area contributed by atoms with Crippen LogP contribution in [0, 0.1) is 0 Å². The lowest BCUT2D eigenvalue weighted by Crippen LogP contribution is -2.28. The van der Waals surface area contributed by atoms with E-state index in [4.69, 9.17) is 0 Å². The number of hydrogen-bond donors (Lipinski definition) is 0. The quantitative estimate of drug-likeness (QED) is 0.519. The Hall–Kier alpha value is -0.800. The van der Waals surface area contributed by atoms with Gasteiger partial charge in [-0.05, 0) is 19.4 Å². The van der Waals surface area contributed by atoms with E-state index in [9.17, 15) is 13.2 Å². The topological polar surface area (TPSA) is 12.4 Å². The van der Waals surface area contributed by atoms with Crippen molar-refractivity contribution >= 4 is 6.21 Å². The molecule has 1 nitrogen and oxygen atoms in total. The van der Waals surface area contributed by atoms with E-state index >= 15 is 0 Å². The van der Waals surface area contributed by atoms with Crippen LogP contribution in [0.15, 0.2) is 16.6 Å². The van der Waals surface area contributed by atoms with E-state index in [-0.39, 0.29) is 6.42 Å². The van der Waals surface area contributed by atoms with Crippen molar-refractivity contribution in [3.8, 4) is 0 Å². The SMILES string of the molecule is CC1=CC=NC(C(F)(F)F)C1. The third kappa shape index (κ3) is 2.06. The third-order valence-electron chi connectivity index (χ3n) is 1.52. The average Bonchev–Trinajstić information content (AvgIpc) is 1.86. The smallest absolute Gasteiger partial charge is 0.280 e. The molecule has 1 unspecified atom stereocenters. The third-order valence-corrected chi connectivity index (χ3v) is 1.52. The first-order valence-electron chi connectivity index (χ1n) is 3.26. The van der Waals surface area contributed by atoms with E-state index in [0.29, 0.717) is 0 Å². The largest absolute Gasteiger partial charge is 0.411 e. The minimum atomic E-state index is -4.19. The minimum Gasteiger partial charge on any atom is -0.280 e. The maximum absolute atomic E-state index is 12.0. The number of allylic oxidation sites excluding steroid dienone is 1. The fraction of sp³-hybridized carbons (Fsp3) is 0.571. The van der Waals surface area contributed by atoms with Crippen LogP contribution in [0.4, 0.5) is 13.2 Å². The number of dihydropyridines is 1. The van der Waals surface area contributed by atoms with E-state index in [1.54, 1.807) is 13.0 Å². The van der Waals surface area contributed by atoms with E-state index in [2.05, 4.69) is 4.99 Å². The highest BCUT2D eigenvalue weighted by atomic mass is 19.4. The van der Waals surface area contributed by atoms with Crippen LogP contribution in [0.3, 0.4) is 0 Å². The van der Waals surface area contributed by atoms with Crippen LogP contribution in [0.25, 0.3) is 0 Å². The molecule has 0 aliphatic carbocycles. The first-order valence-corrected chi connectivity index (χ1v) is 3.26. The molecule has 0 aromatic rings. The van der Waals surface area contributed by atoms with Crippen LogP contribution in [-0.4, -0.2) is 18.4 Å². The molecular weight excluding hydrogens is 155 g/mol. The van der Waals surface area contributed by atoms with Gasteiger partial charge < -0.3 is 0 Å². The molecule has 0 saturated carbocycles. The van der Waals surface area contributed by atoms with Gasteiger partial charge in [-0.1, -0.05) is 5.57 Å². The van der Waals surface area contributed by atoms with Gasteiger partial charge >= 0.3 is 6.18 Å². The molecule has 0 aromatic heterocycles. The molecule has 11 heavy (non-hydrogen) atoms. The molecule has 0 radical (unpaired) electrons. The normalized spacial score (nSPS) is 25.1. The molecule has 0 amide bonds. The Balaban J connectivity index is 2.67. The molecule has 4 heteroatoms. The number of alkyl halides is 3. The van der Waals surface area contributed by atoms with Gasteiger partial charge in [0.2, 0.25) is 0 Å². The van der Waals surface area contributed by atoms with Gasteiger partial charge in [0.15, 0.2) is 0 Å². The monoisotopic (exact) mass is 163 g/mol. The van der Waals surface area contributed by atoms with Crippen LogP contribution in [0.1, 0.15) is 13.3 Å². The van der Waals surface area contributed by atoms with Crippen molar-refractivity contribution < 1.29 is 13.2 Å². The van der Waals surface area contributed by atoms with Crippen molar-refractivity contribution in [3.05, 3.63) is 11.6 Å². The van der Waals surface area contributed by atoms with Crippen molar-refractivity contribution in [3.63, 3.8) is 0 Å².